The minimum atomic E-state index is -0.885. The van der Waals surface area contributed by atoms with Gasteiger partial charge < -0.3 is 5.11 Å². The Labute approximate surface area is 79.1 Å². The van der Waals surface area contributed by atoms with Gasteiger partial charge in [0, 0.05) is 12.8 Å². The third kappa shape index (κ3) is 6.31. The van der Waals surface area contributed by atoms with E-state index in [0.29, 0.717) is 6.42 Å². The van der Waals surface area contributed by atoms with Crippen molar-refractivity contribution in [3.63, 3.8) is 0 Å². The zero-order valence-corrected chi connectivity index (χ0v) is 8.38. The van der Waals surface area contributed by atoms with E-state index >= 15 is 0 Å². The monoisotopic (exact) mass is 186 g/mol. The third-order valence-corrected chi connectivity index (χ3v) is 2.01. The standard InChI is InChI=1S/C10H18O3/c1-3-4-5-6-9(11)7-8(2)10(12)13/h8H,3-7H2,1-2H3,(H,12,13). The second-order valence-electron chi connectivity index (χ2n) is 3.44. The van der Waals surface area contributed by atoms with Crippen LogP contribution in [0.25, 0.3) is 0 Å². The van der Waals surface area contributed by atoms with E-state index < -0.39 is 11.9 Å². The van der Waals surface area contributed by atoms with Gasteiger partial charge in [-0.15, -0.1) is 0 Å². The lowest BCUT2D eigenvalue weighted by Gasteiger charge is -2.04. The van der Waals surface area contributed by atoms with Crippen molar-refractivity contribution in [1.29, 1.82) is 0 Å². The number of carboxylic acids is 1. The molecule has 3 nitrogen and oxygen atoms in total. The van der Waals surface area contributed by atoms with Gasteiger partial charge in [0.05, 0.1) is 5.92 Å². The van der Waals surface area contributed by atoms with Gasteiger partial charge in [-0.05, 0) is 6.42 Å². The van der Waals surface area contributed by atoms with Crippen LogP contribution < -0.4 is 0 Å². The zero-order valence-electron chi connectivity index (χ0n) is 8.38. The molecule has 0 amide bonds. The van der Waals surface area contributed by atoms with E-state index in [0.717, 1.165) is 19.3 Å². The smallest absolute Gasteiger partial charge is 0.306 e. The molecule has 3 heteroatoms. The van der Waals surface area contributed by atoms with Gasteiger partial charge in [0.1, 0.15) is 5.78 Å². The highest BCUT2D eigenvalue weighted by atomic mass is 16.4. The lowest BCUT2D eigenvalue weighted by molar-refractivity contribution is -0.143. The molecule has 13 heavy (non-hydrogen) atoms. The van der Waals surface area contributed by atoms with Gasteiger partial charge in [0.15, 0.2) is 0 Å². The molecule has 1 atom stereocenters. The fourth-order valence-corrected chi connectivity index (χ4v) is 1.10. The van der Waals surface area contributed by atoms with Gasteiger partial charge in [-0.2, -0.15) is 0 Å². The van der Waals surface area contributed by atoms with Crippen molar-refractivity contribution in [2.24, 2.45) is 5.92 Å². The van der Waals surface area contributed by atoms with E-state index in [9.17, 15) is 9.59 Å². The van der Waals surface area contributed by atoms with Crippen LogP contribution >= 0.6 is 0 Å². The first-order valence-corrected chi connectivity index (χ1v) is 4.82. The minimum Gasteiger partial charge on any atom is -0.481 e. The van der Waals surface area contributed by atoms with Gasteiger partial charge in [0.25, 0.3) is 0 Å². The Morgan fingerprint density at radius 2 is 1.92 bits per heavy atom. The van der Waals surface area contributed by atoms with Gasteiger partial charge in [-0.1, -0.05) is 26.7 Å². The summed E-state index contributed by atoms with van der Waals surface area (Å²) in [6, 6.07) is 0. The normalized spacial score (nSPS) is 12.5. The van der Waals surface area contributed by atoms with E-state index in [4.69, 9.17) is 5.11 Å². The maximum Gasteiger partial charge on any atom is 0.306 e. The highest BCUT2D eigenvalue weighted by molar-refractivity contribution is 5.83. The van der Waals surface area contributed by atoms with Crippen molar-refractivity contribution in [3.8, 4) is 0 Å². The Balaban J connectivity index is 3.56. The molecule has 0 saturated heterocycles. The molecule has 0 aromatic carbocycles. The van der Waals surface area contributed by atoms with E-state index in [-0.39, 0.29) is 12.2 Å². The summed E-state index contributed by atoms with van der Waals surface area (Å²) in [4.78, 5) is 21.6. The lowest BCUT2D eigenvalue weighted by atomic mass is 10.0. The maximum atomic E-state index is 11.2. The highest BCUT2D eigenvalue weighted by Crippen LogP contribution is 2.08. The Morgan fingerprint density at radius 1 is 1.31 bits per heavy atom. The van der Waals surface area contributed by atoms with Crippen LogP contribution in [0.4, 0.5) is 0 Å². The molecule has 0 aliphatic heterocycles. The third-order valence-electron chi connectivity index (χ3n) is 2.01. The van der Waals surface area contributed by atoms with Gasteiger partial charge in [-0.3, -0.25) is 9.59 Å². The summed E-state index contributed by atoms with van der Waals surface area (Å²) in [5.74, 6) is -1.35. The predicted octanol–water partition coefficient (Wildman–Crippen LogP) is 2.25. The van der Waals surface area contributed by atoms with Gasteiger partial charge in [-0.25, -0.2) is 0 Å². The predicted molar refractivity (Wildman–Crippen MR) is 50.6 cm³/mol. The number of carbonyl (C=O) groups is 2. The number of Topliss-reactive ketones (excluding diaryl/α,β-unsaturated/α-hetero) is 1. The molecule has 1 unspecified atom stereocenters. The summed E-state index contributed by atoms with van der Waals surface area (Å²) in [5, 5.41) is 8.55. The summed E-state index contributed by atoms with van der Waals surface area (Å²) in [6.07, 6.45) is 3.74. The van der Waals surface area contributed by atoms with Crippen molar-refractivity contribution >= 4 is 11.8 Å². The number of carbonyl (C=O) groups excluding carboxylic acids is 1. The van der Waals surface area contributed by atoms with Crippen LogP contribution in [0.3, 0.4) is 0 Å². The first kappa shape index (κ1) is 12.1. The average molecular weight is 186 g/mol. The van der Waals surface area contributed by atoms with Crippen molar-refractivity contribution in [2.45, 2.75) is 46.0 Å². The molecular formula is C10H18O3. The number of hydrogen-bond acceptors (Lipinski definition) is 2. The van der Waals surface area contributed by atoms with E-state index in [1.165, 1.54) is 0 Å². The molecule has 0 aromatic rings. The molecular weight excluding hydrogens is 168 g/mol. The molecule has 0 saturated carbocycles. The van der Waals surface area contributed by atoms with Crippen LogP contribution in [0.2, 0.25) is 0 Å². The summed E-state index contributed by atoms with van der Waals surface area (Å²) >= 11 is 0. The van der Waals surface area contributed by atoms with Gasteiger partial charge >= 0.3 is 5.97 Å². The van der Waals surface area contributed by atoms with Crippen molar-refractivity contribution in [1.82, 2.24) is 0 Å². The molecule has 0 bridgehead atoms. The molecule has 76 valence electrons. The van der Waals surface area contributed by atoms with E-state index in [1.807, 2.05) is 0 Å². The number of unbranched alkanes of at least 4 members (excludes halogenated alkanes) is 2. The molecule has 1 N–H and O–H groups in total. The Morgan fingerprint density at radius 3 is 2.38 bits per heavy atom. The van der Waals surface area contributed by atoms with Crippen molar-refractivity contribution in [2.75, 3.05) is 0 Å². The van der Waals surface area contributed by atoms with Crippen LogP contribution in [0.5, 0.6) is 0 Å². The number of rotatable bonds is 7. The number of carboxylic acid groups (broad SMARTS) is 1. The second-order valence-corrected chi connectivity index (χ2v) is 3.44. The van der Waals surface area contributed by atoms with E-state index in [2.05, 4.69) is 6.92 Å². The second kappa shape index (κ2) is 6.63. The minimum absolute atomic E-state index is 0.0725. The summed E-state index contributed by atoms with van der Waals surface area (Å²) < 4.78 is 0. The fourth-order valence-electron chi connectivity index (χ4n) is 1.10. The van der Waals surface area contributed by atoms with E-state index in [1.54, 1.807) is 6.92 Å². The fraction of sp³-hybridized carbons (Fsp3) is 0.800. The highest BCUT2D eigenvalue weighted by Gasteiger charge is 2.14. The SMILES string of the molecule is CCCCCC(=O)CC(C)C(=O)O. The molecule has 0 aromatic heterocycles. The molecule has 0 aliphatic rings. The largest absolute Gasteiger partial charge is 0.481 e. The Bertz CT molecular complexity index is 175. The first-order chi connectivity index (χ1) is 6.07. The van der Waals surface area contributed by atoms with Crippen LogP contribution in [-0.2, 0) is 9.59 Å². The zero-order chi connectivity index (χ0) is 10.3. The van der Waals surface area contributed by atoms with Gasteiger partial charge in [0.2, 0.25) is 0 Å². The van der Waals surface area contributed by atoms with Crippen LogP contribution in [-0.4, -0.2) is 16.9 Å². The molecule has 0 radical (unpaired) electrons. The molecule has 0 fully saturated rings. The summed E-state index contributed by atoms with van der Waals surface area (Å²) in [7, 11) is 0. The molecule has 0 aliphatic carbocycles. The molecule has 0 rings (SSSR count). The maximum absolute atomic E-state index is 11.2. The molecule has 0 heterocycles. The number of hydrogen-bond donors (Lipinski definition) is 1. The van der Waals surface area contributed by atoms with Crippen LogP contribution in [0.1, 0.15) is 46.0 Å². The summed E-state index contributed by atoms with van der Waals surface area (Å²) in [6.45, 7) is 3.64. The summed E-state index contributed by atoms with van der Waals surface area (Å²) in [5.41, 5.74) is 0. The molecule has 0 spiro atoms. The Kier molecular flexibility index (Phi) is 6.20. The lowest BCUT2D eigenvalue weighted by Crippen LogP contribution is -2.14. The van der Waals surface area contributed by atoms with Crippen LogP contribution in [0.15, 0.2) is 0 Å². The quantitative estimate of drug-likeness (QED) is 0.620. The first-order valence-electron chi connectivity index (χ1n) is 4.82. The van der Waals surface area contributed by atoms with Crippen LogP contribution in [0, 0.1) is 5.92 Å². The number of ketones is 1. The average Bonchev–Trinajstić information content (AvgIpc) is 2.04. The van der Waals surface area contributed by atoms with Crippen molar-refractivity contribution in [3.05, 3.63) is 0 Å². The number of aliphatic carboxylic acids is 1. The Hall–Kier alpha value is -0.860. The van der Waals surface area contributed by atoms with Crippen molar-refractivity contribution < 1.29 is 14.7 Å². The topological polar surface area (TPSA) is 54.4 Å².